The summed E-state index contributed by atoms with van der Waals surface area (Å²) in [6.45, 7) is 7.18. The number of phosphoric acid groups is 2. The predicted molar refractivity (Wildman–Crippen MR) is 354 cm³/mol. The fourth-order valence-electron chi connectivity index (χ4n) is 10.4. The molecule has 0 fully saturated rings. The van der Waals surface area contributed by atoms with Gasteiger partial charge in [0, 0.05) is 25.7 Å². The van der Waals surface area contributed by atoms with Crippen LogP contribution in [0.3, 0.4) is 0 Å². The first-order chi connectivity index (χ1) is 42.6. The highest BCUT2D eigenvalue weighted by Gasteiger charge is 2.30. The van der Waals surface area contributed by atoms with E-state index >= 15 is 0 Å². The lowest BCUT2D eigenvalue weighted by Gasteiger charge is -2.21. The van der Waals surface area contributed by atoms with Gasteiger partial charge in [0.25, 0.3) is 0 Å². The average molecular weight is 1300 g/mol. The van der Waals surface area contributed by atoms with Crippen molar-refractivity contribution in [1.82, 2.24) is 0 Å². The van der Waals surface area contributed by atoms with Crippen LogP contribution in [-0.2, 0) is 65.4 Å². The Kier molecular flexibility index (Phi) is 61.1. The number of hydrogen-bond acceptors (Lipinski definition) is 15. The number of phosphoric ester groups is 2. The van der Waals surface area contributed by atoms with Crippen molar-refractivity contribution in [3.63, 3.8) is 0 Å². The number of unbranched alkanes of at least 4 members (excludes halogenated alkanes) is 40. The van der Waals surface area contributed by atoms with E-state index in [1.54, 1.807) is 0 Å². The zero-order chi connectivity index (χ0) is 64.9. The lowest BCUT2D eigenvalue weighted by Crippen LogP contribution is -2.30. The van der Waals surface area contributed by atoms with E-state index in [0.29, 0.717) is 25.7 Å². The molecule has 0 rings (SSSR count). The van der Waals surface area contributed by atoms with E-state index < -0.39 is 97.5 Å². The van der Waals surface area contributed by atoms with E-state index in [4.69, 9.17) is 37.0 Å². The fourth-order valence-corrected chi connectivity index (χ4v) is 12.0. The zero-order valence-corrected chi connectivity index (χ0v) is 58.6. The van der Waals surface area contributed by atoms with E-state index in [9.17, 15) is 43.2 Å². The second-order valence-electron chi connectivity index (χ2n) is 25.2. The SMILES string of the molecule is CCCCCCCCCCCCCCCCCCCC(=O)O[C@H](COC(=O)CCCCCCCCCCCCCC)COP(=O)(O)OC[C@@H](O)COP(=O)(O)OC[C@@H](COC(=O)CCCCCCCCCCC)OC(=O)CCCCCCCCC(C)CC. The van der Waals surface area contributed by atoms with Gasteiger partial charge in [-0.25, -0.2) is 9.13 Å². The molecule has 0 amide bonds. The van der Waals surface area contributed by atoms with Crippen LogP contribution in [0.5, 0.6) is 0 Å². The number of hydrogen-bond donors (Lipinski definition) is 3. The fraction of sp³-hybridized carbons (Fsp3) is 0.942. The van der Waals surface area contributed by atoms with Crippen LogP contribution in [-0.4, -0.2) is 96.7 Å². The van der Waals surface area contributed by atoms with E-state index in [1.807, 2.05) is 0 Å². The third-order valence-corrected chi connectivity index (χ3v) is 18.3. The van der Waals surface area contributed by atoms with Crippen molar-refractivity contribution in [3.8, 4) is 0 Å². The van der Waals surface area contributed by atoms with Crippen LogP contribution < -0.4 is 0 Å². The molecule has 0 aliphatic rings. The number of aliphatic hydroxyl groups is 1. The minimum atomic E-state index is -4.95. The van der Waals surface area contributed by atoms with E-state index in [-0.39, 0.29) is 25.7 Å². The molecule has 0 aromatic heterocycles. The van der Waals surface area contributed by atoms with Crippen molar-refractivity contribution in [2.24, 2.45) is 5.92 Å². The largest absolute Gasteiger partial charge is 0.472 e. The van der Waals surface area contributed by atoms with Crippen LogP contribution in [0.4, 0.5) is 0 Å². The summed E-state index contributed by atoms with van der Waals surface area (Å²) in [7, 11) is -9.89. The second kappa shape index (κ2) is 62.5. The maximum absolute atomic E-state index is 13.0. The van der Waals surface area contributed by atoms with Crippen LogP contribution in [0.2, 0.25) is 0 Å². The number of esters is 4. The summed E-state index contributed by atoms with van der Waals surface area (Å²) in [5.41, 5.74) is 0. The van der Waals surface area contributed by atoms with Crippen LogP contribution in [0.15, 0.2) is 0 Å². The maximum Gasteiger partial charge on any atom is 0.472 e. The summed E-state index contributed by atoms with van der Waals surface area (Å²) in [5, 5.41) is 10.6. The minimum absolute atomic E-state index is 0.103. The molecule has 0 aliphatic carbocycles. The topological polar surface area (TPSA) is 237 Å². The van der Waals surface area contributed by atoms with Gasteiger partial charge in [0.1, 0.15) is 19.3 Å². The molecule has 0 aliphatic heterocycles. The van der Waals surface area contributed by atoms with E-state index in [0.717, 1.165) is 95.8 Å². The Balaban J connectivity index is 5.22. The van der Waals surface area contributed by atoms with Crippen molar-refractivity contribution >= 4 is 39.5 Å². The first kappa shape index (κ1) is 86.1. The van der Waals surface area contributed by atoms with Gasteiger partial charge in [-0.05, 0) is 31.6 Å². The molecule has 0 saturated heterocycles. The smallest absolute Gasteiger partial charge is 0.462 e. The number of carbonyl (C=O) groups excluding carboxylic acids is 4. The highest BCUT2D eigenvalue weighted by Crippen LogP contribution is 2.45. The Hall–Kier alpha value is -1.94. The van der Waals surface area contributed by atoms with E-state index in [1.165, 1.54) is 180 Å². The number of rotatable bonds is 69. The first-order valence-corrected chi connectivity index (χ1v) is 39.2. The molecule has 19 heteroatoms. The lowest BCUT2D eigenvalue weighted by molar-refractivity contribution is -0.161. The molecule has 88 heavy (non-hydrogen) atoms. The van der Waals surface area contributed by atoms with Crippen LogP contribution in [0.25, 0.3) is 0 Å². The zero-order valence-electron chi connectivity index (χ0n) is 56.9. The summed E-state index contributed by atoms with van der Waals surface area (Å²) in [5.74, 6) is -1.41. The van der Waals surface area contributed by atoms with Gasteiger partial charge in [-0.3, -0.25) is 37.3 Å². The molecular weight excluding hydrogens is 1160 g/mol. The average Bonchev–Trinajstić information content (AvgIpc) is 3.60. The Morgan fingerprint density at radius 3 is 0.807 bits per heavy atom. The third kappa shape index (κ3) is 61.6. The maximum atomic E-state index is 13.0. The normalized spacial score (nSPS) is 14.4. The van der Waals surface area contributed by atoms with Crippen molar-refractivity contribution in [2.75, 3.05) is 39.6 Å². The molecule has 0 heterocycles. The van der Waals surface area contributed by atoms with Gasteiger partial charge in [-0.2, -0.15) is 0 Å². The monoisotopic (exact) mass is 1300 g/mol. The molecule has 0 bridgehead atoms. The van der Waals surface area contributed by atoms with Gasteiger partial charge < -0.3 is 33.8 Å². The molecule has 0 aromatic rings. The molecule has 0 aromatic carbocycles. The first-order valence-electron chi connectivity index (χ1n) is 36.2. The van der Waals surface area contributed by atoms with Crippen LogP contribution in [0, 0.1) is 5.92 Å². The predicted octanol–water partition coefficient (Wildman–Crippen LogP) is 19.7. The van der Waals surface area contributed by atoms with Gasteiger partial charge in [-0.15, -0.1) is 0 Å². The summed E-state index contributed by atoms with van der Waals surface area (Å²) in [4.78, 5) is 72.4. The Bertz CT molecular complexity index is 1710. The standard InChI is InChI=1S/C69H134O17P2/c1-6-10-13-16-19-22-24-26-27-28-29-30-32-35-38-44-49-54-68(73)85-64(58-80-67(72)53-48-43-37-34-31-25-23-20-17-14-11-7-2)60-83-87(75,76)81-56-63(70)57-82-88(77,78)84-61-65(59-79-66(71)52-47-42-36-33-21-18-15-12-8-3)86-69(74)55-50-45-40-39-41-46-51-62(5)9-4/h62-65,70H,6-61H2,1-5H3,(H,75,76)(H,77,78)/t62?,63-,64-,65-/m1/s1. The molecule has 0 radical (unpaired) electrons. The van der Waals surface area contributed by atoms with Gasteiger partial charge >= 0.3 is 39.5 Å². The lowest BCUT2D eigenvalue weighted by atomic mass is 10.00. The van der Waals surface area contributed by atoms with Crippen molar-refractivity contribution < 1.29 is 80.2 Å². The second-order valence-corrected chi connectivity index (χ2v) is 28.1. The molecule has 0 saturated carbocycles. The molecule has 522 valence electrons. The summed E-state index contributed by atoms with van der Waals surface area (Å²) < 4.78 is 68.2. The Morgan fingerprint density at radius 1 is 0.318 bits per heavy atom. The molecule has 17 nitrogen and oxygen atoms in total. The summed E-state index contributed by atoms with van der Waals surface area (Å²) in [6.07, 6.45) is 48.6. The minimum Gasteiger partial charge on any atom is -0.462 e. The number of ether oxygens (including phenoxy) is 4. The molecular formula is C69H134O17P2. The van der Waals surface area contributed by atoms with Crippen molar-refractivity contribution in [2.45, 2.75) is 374 Å². The van der Waals surface area contributed by atoms with Gasteiger partial charge in [0.05, 0.1) is 26.4 Å². The summed E-state index contributed by atoms with van der Waals surface area (Å²) in [6, 6.07) is 0. The highest BCUT2D eigenvalue weighted by molar-refractivity contribution is 7.47. The molecule has 6 atom stereocenters. The molecule has 3 unspecified atom stereocenters. The van der Waals surface area contributed by atoms with Crippen molar-refractivity contribution in [3.05, 3.63) is 0 Å². The van der Waals surface area contributed by atoms with Gasteiger partial charge in [0.15, 0.2) is 12.2 Å². The molecule has 0 spiro atoms. The third-order valence-electron chi connectivity index (χ3n) is 16.4. The highest BCUT2D eigenvalue weighted by atomic mass is 31.2. The summed E-state index contributed by atoms with van der Waals surface area (Å²) >= 11 is 0. The quantitative estimate of drug-likeness (QED) is 0.0222. The van der Waals surface area contributed by atoms with Crippen molar-refractivity contribution in [1.29, 1.82) is 0 Å². The van der Waals surface area contributed by atoms with E-state index in [2.05, 4.69) is 34.6 Å². The van der Waals surface area contributed by atoms with Crippen LogP contribution >= 0.6 is 15.6 Å². The Labute approximate surface area is 537 Å². The number of aliphatic hydroxyl groups excluding tert-OH is 1. The Morgan fingerprint density at radius 2 is 0.545 bits per heavy atom. The number of carbonyl (C=O) groups is 4. The van der Waals surface area contributed by atoms with Crippen LogP contribution in [0.1, 0.15) is 356 Å². The van der Waals surface area contributed by atoms with Gasteiger partial charge in [-0.1, -0.05) is 304 Å². The molecule has 3 N–H and O–H groups in total. The van der Waals surface area contributed by atoms with Gasteiger partial charge in [0.2, 0.25) is 0 Å².